The SMILES string of the molecule is CC(Nc1cnc(C(=O)NCc2ccccc2F)cn1)c1ccccc1. The van der Waals surface area contributed by atoms with Crippen LogP contribution in [0.5, 0.6) is 0 Å². The number of rotatable bonds is 6. The van der Waals surface area contributed by atoms with Crippen molar-refractivity contribution in [2.75, 3.05) is 5.32 Å². The first-order valence-corrected chi connectivity index (χ1v) is 8.28. The molecule has 0 aliphatic heterocycles. The average Bonchev–Trinajstić information content (AvgIpc) is 2.68. The molecule has 0 fully saturated rings. The zero-order valence-electron chi connectivity index (χ0n) is 14.3. The number of aromatic nitrogens is 2. The Morgan fingerprint density at radius 3 is 2.46 bits per heavy atom. The number of nitrogens with one attached hydrogen (secondary N) is 2. The molecule has 3 rings (SSSR count). The Hall–Kier alpha value is -3.28. The zero-order valence-corrected chi connectivity index (χ0v) is 14.3. The lowest BCUT2D eigenvalue weighted by Crippen LogP contribution is -2.24. The van der Waals surface area contributed by atoms with E-state index in [4.69, 9.17) is 0 Å². The van der Waals surface area contributed by atoms with Gasteiger partial charge in [-0.3, -0.25) is 4.79 Å². The second kappa shape index (κ2) is 8.20. The number of carbonyl (C=O) groups is 1. The van der Waals surface area contributed by atoms with Crippen LogP contribution in [0.25, 0.3) is 0 Å². The van der Waals surface area contributed by atoms with Crippen molar-refractivity contribution >= 4 is 11.7 Å². The van der Waals surface area contributed by atoms with Crippen LogP contribution in [-0.2, 0) is 6.54 Å². The summed E-state index contributed by atoms with van der Waals surface area (Å²) in [6.07, 6.45) is 2.91. The maximum Gasteiger partial charge on any atom is 0.271 e. The van der Waals surface area contributed by atoms with E-state index >= 15 is 0 Å². The lowest BCUT2D eigenvalue weighted by molar-refractivity contribution is 0.0945. The summed E-state index contributed by atoms with van der Waals surface area (Å²) in [7, 11) is 0. The maximum atomic E-state index is 13.6. The number of carbonyl (C=O) groups excluding carboxylic acids is 1. The Morgan fingerprint density at radius 1 is 1.04 bits per heavy atom. The first-order valence-electron chi connectivity index (χ1n) is 8.28. The Labute approximate surface area is 151 Å². The maximum absolute atomic E-state index is 13.6. The molecule has 0 saturated carbocycles. The highest BCUT2D eigenvalue weighted by molar-refractivity contribution is 5.91. The van der Waals surface area contributed by atoms with Crippen LogP contribution < -0.4 is 10.6 Å². The average molecular weight is 350 g/mol. The van der Waals surface area contributed by atoms with Crippen molar-refractivity contribution in [2.24, 2.45) is 0 Å². The number of hydrogen-bond donors (Lipinski definition) is 2. The van der Waals surface area contributed by atoms with Crippen LogP contribution in [0.3, 0.4) is 0 Å². The van der Waals surface area contributed by atoms with Gasteiger partial charge < -0.3 is 10.6 Å². The van der Waals surface area contributed by atoms with E-state index in [9.17, 15) is 9.18 Å². The van der Waals surface area contributed by atoms with Gasteiger partial charge in [0.2, 0.25) is 0 Å². The Kier molecular flexibility index (Phi) is 5.53. The van der Waals surface area contributed by atoms with Gasteiger partial charge in [0.1, 0.15) is 17.3 Å². The molecular weight excluding hydrogens is 331 g/mol. The van der Waals surface area contributed by atoms with Gasteiger partial charge in [-0.25, -0.2) is 14.4 Å². The minimum absolute atomic E-state index is 0.0613. The van der Waals surface area contributed by atoms with E-state index < -0.39 is 5.91 Å². The monoisotopic (exact) mass is 350 g/mol. The summed E-state index contributed by atoms with van der Waals surface area (Å²) in [5.74, 6) is -0.177. The van der Waals surface area contributed by atoms with Gasteiger partial charge in [-0.1, -0.05) is 48.5 Å². The van der Waals surface area contributed by atoms with Gasteiger partial charge in [-0.05, 0) is 18.6 Å². The van der Waals surface area contributed by atoms with E-state index in [-0.39, 0.29) is 24.1 Å². The minimum Gasteiger partial charge on any atom is -0.362 e. The summed E-state index contributed by atoms with van der Waals surface area (Å²) < 4.78 is 13.6. The number of nitrogens with zero attached hydrogens (tertiary/aromatic N) is 2. The van der Waals surface area contributed by atoms with Crippen molar-refractivity contribution in [3.63, 3.8) is 0 Å². The normalized spacial score (nSPS) is 11.6. The fraction of sp³-hybridized carbons (Fsp3) is 0.150. The van der Waals surface area contributed by atoms with Crippen molar-refractivity contribution in [1.29, 1.82) is 0 Å². The lowest BCUT2D eigenvalue weighted by atomic mass is 10.1. The van der Waals surface area contributed by atoms with Crippen LogP contribution in [0.4, 0.5) is 10.2 Å². The molecule has 2 N–H and O–H groups in total. The molecule has 132 valence electrons. The van der Waals surface area contributed by atoms with Crippen LogP contribution in [-0.4, -0.2) is 15.9 Å². The smallest absolute Gasteiger partial charge is 0.271 e. The molecular formula is C20H19FN4O. The van der Waals surface area contributed by atoms with Gasteiger partial charge in [0, 0.05) is 18.2 Å². The molecule has 0 bridgehead atoms. The second-order valence-corrected chi connectivity index (χ2v) is 5.84. The molecule has 1 aromatic heterocycles. The molecule has 1 amide bonds. The molecule has 6 heteroatoms. The summed E-state index contributed by atoms with van der Waals surface area (Å²) in [6.45, 7) is 2.12. The van der Waals surface area contributed by atoms with Gasteiger partial charge in [0.25, 0.3) is 5.91 Å². The highest BCUT2D eigenvalue weighted by atomic mass is 19.1. The topological polar surface area (TPSA) is 66.9 Å². The third-order valence-corrected chi connectivity index (χ3v) is 3.95. The number of amides is 1. The summed E-state index contributed by atoms with van der Waals surface area (Å²) in [4.78, 5) is 20.5. The highest BCUT2D eigenvalue weighted by Crippen LogP contribution is 2.16. The largest absolute Gasteiger partial charge is 0.362 e. The fourth-order valence-electron chi connectivity index (χ4n) is 2.47. The quantitative estimate of drug-likeness (QED) is 0.711. The predicted octanol–water partition coefficient (Wildman–Crippen LogP) is 3.72. The van der Waals surface area contributed by atoms with E-state index in [1.165, 1.54) is 18.5 Å². The molecule has 0 radical (unpaired) electrons. The molecule has 0 saturated heterocycles. The van der Waals surface area contributed by atoms with Crippen LogP contribution >= 0.6 is 0 Å². The van der Waals surface area contributed by atoms with Crippen molar-refractivity contribution in [1.82, 2.24) is 15.3 Å². The fourth-order valence-corrected chi connectivity index (χ4v) is 2.47. The molecule has 3 aromatic rings. The highest BCUT2D eigenvalue weighted by Gasteiger charge is 2.10. The molecule has 1 unspecified atom stereocenters. The van der Waals surface area contributed by atoms with E-state index in [0.29, 0.717) is 11.4 Å². The van der Waals surface area contributed by atoms with Crippen LogP contribution in [0.2, 0.25) is 0 Å². The summed E-state index contributed by atoms with van der Waals surface area (Å²) in [5, 5.41) is 5.88. The third kappa shape index (κ3) is 4.42. The summed E-state index contributed by atoms with van der Waals surface area (Å²) in [6, 6.07) is 16.3. The van der Waals surface area contributed by atoms with Crippen molar-refractivity contribution in [2.45, 2.75) is 19.5 Å². The van der Waals surface area contributed by atoms with Gasteiger partial charge in [0.15, 0.2) is 0 Å². The van der Waals surface area contributed by atoms with Crippen LogP contribution in [0.1, 0.15) is 34.6 Å². The molecule has 26 heavy (non-hydrogen) atoms. The number of halogens is 1. The molecule has 0 spiro atoms. The van der Waals surface area contributed by atoms with Gasteiger partial charge in [0.05, 0.1) is 12.4 Å². The zero-order chi connectivity index (χ0) is 18.4. The molecule has 5 nitrogen and oxygen atoms in total. The van der Waals surface area contributed by atoms with Gasteiger partial charge in [-0.2, -0.15) is 0 Å². The number of benzene rings is 2. The van der Waals surface area contributed by atoms with Crippen molar-refractivity contribution in [3.8, 4) is 0 Å². The lowest BCUT2D eigenvalue weighted by Gasteiger charge is -2.14. The second-order valence-electron chi connectivity index (χ2n) is 5.84. The predicted molar refractivity (Wildman–Crippen MR) is 98.1 cm³/mol. The Morgan fingerprint density at radius 2 is 1.77 bits per heavy atom. The third-order valence-electron chi connectivity index (χ3n) is 3.95. The Balaban J connectivity index is 1.58. The van der Waals surface area contributed by atoms with Crippen molar-refractivity contribution < 1.29 is 9.18 Å². The molecule has 1 atom stereocenters. The van der Waals surface area contributed by atoms with E-state index in [1.54, 1.807) is 18.2 Å². The Bertz CT molecular complexity index is 868. The first-order chi connectivity index (χ1) is 12.6. The summed E-state index contributed by atoms with van der Waals surface area (Å²) in [5.41, 5.74) is 1.73. The van der Waals surface area contributed by atoms with Crippen LogP contribution in [0.15, 0.2) is 67.0 Å². The number of hydrogen-bond acceptors (Lipinski definition) is 4. The van der Waals surface area contributed by atoms with E-state index in [0.717, 1.165) is 5.56 Å². The van der Waals surface area contributed by atoms with E-state index in [1.807, 2.05) is 37.3 Å². The van der Waals surface area contributed by atoms with Gasteiger partial charge >= 0.3 is 0 Å². The molecule has 0 aliphatic rings. The number of anilines is 1. The standard InChI is InChI=1S/C20H19FN4O/c1-14(15-7-3-2-4-8-15)25-19-13-22-18(12-23-19)20(26)24-11-16-9-5-6-10-17(16)21/h2-10,12-14H,11H2,1H3,(H,23,25)(H,24,26). The first kappa shape index (κ1) is 17.5. The molecule has 0 aliphatic carbocycles. The summed E-state index contributed by atoms with van der Waals surface area (Å²) >= 11 is 0. The molecule has 1 heterocycles. The minimum atomic E-state index is -0.400. The van der Waals surface area contributed by atoms with E-state index in [2.05, 4.69) is 20.6 Å². The molecule has 2 aromatic carbocycles. The van der Waals surface area contributed by atoms with Gasteiger partial charge in [-0.15, -0.1) is 0 Å². The van der Waals surface area contributed by atoms with Crippen LogP contribution in [0, 0.1) is 5.82 Å². The van der Waals surface area contributed by atoms with Crippen molar-refractivity contribution in [3.05, 3.63) is 89.6 Å².